The van der Waals surface area contributed by atoms with Crippen LogP contribution < -0.4 is 5.32 Å². The van der Waals surface area contributed by atoms with Gasteiger partial charge in [-0.25, -0.2) is 0 Å². The van der Waals surface area contributed by atoms with Crippen molar-refractivity contribution in [1.29, 1.82) is 0 Å². The van der Waals surface area contributed by atoms with Crippen molar-refractivity contribution in [3.8, 4) is 11.1 Å². The topological polar surface area (TPSA) is 49.3 Å². The predicted molar refractivity (Wildman–Crippen MR) is 94.9 cm³/mol. The summed E-state index contributed by atoms with van der Waals surface area (Å²) in [5, 5.41) is 12.7. The third-order valence-electron chi connectivity index (χ3n) is 5.58. The van der Waals surface area contributed by atoms with Gasteiger partial charge in [-0.3, -0.25) is 4.79 Å². The van der Waals surface area contributed by atoms with Crippen molar-refractivity contribution in [2.45, 2.75) is 26.2 Å². The van der Waals surface area contributed by atoms with Gasteiger partial charge < -0.3 is 10.4 Å². The van der Waals surface area contributed by atoms with Crippen LogP contribution in [0.5, 0.6) is 0 Å². The van der Waals surface area contributed by atoms with Crippen LogP contribution in [-0.2, 0) is 6.42 Å². The van der Waals surface area contributed by atoms with Gasteiger partial charge in [0.05, 0.1) is 6.61 Å². The van der Waals surface area contributed by atoms with E-state index in [0.29, 0.717) is 18.0 Å². The predicted octanol–water partition coefficient (Wildman–Crippen LogP) is 3.40. The zero-order valence-corrected chi connectivity index (χ0v) is 14.0. The van der Waals surface area contributed by atoms with Gasteiger partial charge in [0.25, 0.3) is 5.91 Å². The second kappa shape index (κ2) is 5.75. The molecule has 0 unspecified atom stereocenters. The highest BCUT2D eigenvalue weighted by molar-refractivity contribution is 5.96. The first-order valence-corrected chi connectivity index (χ1v) is 8.70. The highest BCUT2D eigenvalue weighted by atomic mass is 16.3. The summed E-state index contributed by atoms with van der Waals surface area (Å²) in [5.41, 5.74) is 5.61. The Bertz CT molecular complexity index is 790. The molecule has 1 saturated carbocycles. The normalized spacial score (nSPS) is 24.0. The van der Waals surface area contributed by atoms with Crippen molar-refractivity contribution in [2.75, 3.05) is 13.2 Å². The van der Waals surface area contributed by atoms with Gasteiger partial charge in [-0.15, -0.1) is 0 Å². The molecule has 0 aliphatic heterocycles. The number of amides is 1. The lowest BCUT2D eigenvalue weighted by atomic mass is 9.63. The minimum Gasteiger partial charge on any atom is -0.396 e. The molecule has 2 aromatic rings. The van der Waals surface area contributed by atoms with E-state index in [0.717, 1.165) is 19.3 Å². The van der Waals surface area contributed by atoms with Gasteiger partial charge in [0, 0.05) is 17.5 Å². The summed E-state index contributed by atoms with van der Waals surface area (Å²) in [6.45, 7) is 2.89. The van der Waals surface area contributed by atoms with Crippen molar-refractivity contribution in [3.05, 3.63) is 59.2 Å². The summed E-state index contributed by atoms with van der Waals surface area (Å²) in [5.74, 6) is 0.597. The molecular formula is C21H23NO2. The van der Waals surface area contributed by atoms with E-state index in [9.17, 15) is 9.90 Å². The van der Waals surface area contributed by atoms with Gasteiger partial charge in [0.2, 0.25) is 0 Å². The SMILES string of the molecule is CC1CC(CO)(CNC(=O)c2ccc3c(c2)-c2ccccc2C3)C1. The Morgan fingerprint density at radius 2 is 1.92 bits per heavy atom. The Hall–Kier alpha value is -2.13. The molecule has 2 N–H and O–H groups in total. The minimum absolute atomic E-state index is 0.0467. The number of carbonyl (C=O) groups is 1. The van der Waals surface area contributed by atoms with Crippen molar-refractivity contribution in [3.63, 3.8) is 0 Å². The summed E-state index contributed by atoms with van der Waals surface area (Å²) < 4.78 is 0. The smallest absolute Gasteiger partial charge is 0.251 e. The summed E-state index contributed by atoms with van der Waals surface area (Å²) in [4.78, 5) is 12.5. The number of benzene rings is 2. The lowest BCUT2D eigenvalue weighted by Crippen LogP contribution is -2.48. The molecule has 2 aliphatic carbocycles. The Balaban J connectivity index is 1.51. The van der Waals surface area contributed by atoms with Crippen LogP contribution in [-0.4, -0.2) is 24.2 Å². The zero-order valence-electron chi connectivity index (χ0n) is 14.0. The van der Waals surface area contributed by atoms with Crippen LogP contribution in [0.3, 0.4) is 0 Å². The van der Waals surface area contributed by atoms with Crippen LogP contribution in [0.15, 0.2) is 42.5 Å². The fraction of sp³-hybridized carbons (Fsp3) is 0.381. The monoisotopic (exact) mass is 321 g/mol. The fourth-order valence-corrected chi connectivity index (χ4v) is 4.38. The molecule has 0 heterocycles. The minimum atomic E-state index is -0.113. The van der Waals surface area contributed by atoms with E-state index in [1.165, 1.54) is 22.3 Å². The highest BCUT2D eigenvalue weighted by Gasteiger charge is 2.41. The van der Waals surface area contributed by atoms with Gasteiger partial charge in [0.15, 0.2) is 0 Å². The maximum atomic E-state index is 12.5. The molecule has 0 saturated heterocycles. The van der Waals surface area contributed by atoms with Crippen molar-refractivity contribution >= 4 is 5.91 Å². The molecule has 0 bridgehead atoms. The largest absolute Gasteiger partial charge is 0.396 e. The summed E-state index contributed by atoms with van der Waals surface area (Å²) in [6, 6.07) is 14.4. The van der Waals surface area contributed by atoms with E-state index >= 15 is 0 Å². The maximum Gasteiger partial charge on any atom is 0.251 e. The number of fused-ring (bicyclic) bond motifs is 3. The van der Waals surface area contributed by atoms with Crippen LogP contribution in [0.2, 0.25) is 0 Å². The summed E-state index contributed by atoms with van der Waals surface area (Å²) in [6.07, 6.45) is 2.92. The van der Waals surface area contributed by atoms with Crippen LogP contribution in [0.4, 0.5) is 0 Å². The van der Waals surface area contributed by atoms with Gasteiger partial charge in [-0.05, 0) is 59.6 Å². The third-order valence-corrected chi connectivity index (χ3v) is 5.58. The van der Waals surface area contributed by atoms with Crippen LogP contribution in [0.25, 0.3) is 11.1 Å². The van der Waals surface area contributed by atoms with E-state index in [4.69, 9.17) is 0 Å². The lowest BCUT2D eigenvalue weighted by molar-refractivity contribution is 0.00365. The Kier molecular flexibility index (Phi) is 3.69. The number of hydrogen-bond donors (Lipinski definition) is 2. The van der Waals surface area contributed by atoms with E-state index in [1.807, 2.05) is 18.2 Å². The number of nitrogens with one attached hydrogen (secondary N) is 1. The number of hydrogen-bond acceptors (Lipinski definition) is 2. The molecular weight excluding hydrogens is 298 g/mol. The molecule has 24 heavy (non-hydrogen) atoms. The molecule has 2 aromatic carbocycles. The van der Waals surface area contributed by atoms with Gasteiger partial charge in [0.1, 0.15) is 0 Å². The van der Waals surface area contributed by atoms with Crippen LogP contribution in [0, 0.1) is 11.3 Å². The van der Waals surface area contributed by atoms with E-state index in [1.54, 1.807) is 0 Å². The molecule has 3 heteroatoms. The van der Waals surface area contributed by atoms with Gasteiger partial charge in [-0.1, -0.05) is 37.3 Å². The Morgan fingerprint density at radius 1 is 1.17 bits per heavy atom. The molecule has 3 nitrogen and oxygen atoms in total. The van der Waals surface area contributed by atoms with Crippen LogP contribution >= 0.6 is 0 Å². The summed E-state index contributed by atoms with van der Waals surface area (Å²) in [7, 11) is 0. The Morgan fingerprint density at radius 3 is 2.67 bits per heavy atom. The van der Waals surface area contributed by atoms with Crippen molar-refractivity contribution in [2.24, 2.45) is 11.3 Å². The first-order valence-electron chi connectivity index (χ1n) is 8.70. The molecule has 124 valence electrons. The van der Waals surface area contributed by atoms with E-state index in [2.05, 4.69) is 36.5 Å². The molecule has 0 aromatic heterocycles. The number of aliphatic hydroxyl groups excluding tert-OH is 1. The standard InChI is InChI=1S/C21H23NO2/c1-14-10-21(11-14,13-23)12-22-20(24)17-7-6-16-8-15-4-2-3-5-18(15)19(16)9-17/h2-7,9,14,23H,8,10-13H2,1H3,(H,22,24). The molecule has 2 aliphatic rings. The zero-order chi connectivity index (χ0) is 16.7. The lowest BCUT2D eigenvalue weighted by Gasteiger charge is -2.45. The molecule has 0 radical (unpaired) electrons. The molecule has 0 spiro atoms. The highest BCUT2D eigenvalue weighted by Crippen LogP contribution is 2.44. The first kappa shape index (κ1) is 15.4. The summed E-state index contributed by atoms with van der Waals surface area (Å²) >= 11 is 0. The Labute approximate surface area is 142 Å². The average molecular weight is 321 g/mol. The first-order chi connectivity index (χ1) is 11.6. The molecule has 1 amide bonds. The maximum absolute atomic E-state index is 12.5. The van der Waals surface area contributed by atoms with Crippen LogP contribution in [0.1, 0.15) is 41.3 Å². The second-order valence-corrected chi connectivity index (χ2v) is 7.56. The molecule has 1 fully saturated rings. The van der Waals surface area contributed by atoms with E-state index < -0.39 is 0 Å². The third kappa shape index (κ3) is 2.53. The number of carbonyl (C=O) groups excluding carboxylic acids is 1. The number of aliphatic hydroxyl groups is 1. The second-order valence-electron chi connectivity index (χ2n) is 7.56. The molecule has 4 rings (SSSR count). The van der Waals surface area contributed by atoms with Crippen molar-refractivity contribution < 1.29 is 9.90 Å². The van der Waals surface area contributed by atoms with Gasteiger partial charge in [-0.2, -0.15) is 0 Å². The quantitative estimate of drug-likeness (QED) is 0.774. The average Bonchev–Trinajstić information content (AvgIpc) is 2.95. The van der Waals surface area contributed by atoms with Gasteiger partial charge >= 0.3 is 0 Å². The number of rotatable bonds is 4. The molecule has 0 atom stereocenters. The van der Waals surface area contributed by atoms with E-state index in [-0.39, 0.29) is 17.9 Å². The van der Waals surface area contributed by atoms with Crippen molar-refractivity contribution in [1.82, 2.24) is 5.32 Å². The fourth-order valence-electron chi connectivity index (χ4n) is 4.38.